The van der Waals surface area contributed by atoms with E-state index in [1.54, 1.807) is 24.3 Å². The molecule has 1 amide bonds. The average molecular weight is 383 g/mol. The lowest BCUT2D eigenvalue weighted by molar-refractivity contribution is 0.0935. The maximum Gasteiger partial charge on any atom is 0.297 e. The summed E-state index contributed by atoms with van der Waals surface area (Å²) in [5.74, 6) is -0.801. The van der Waals surface area contributed by atoms with Crippen LogP contribution >= 0.6 is 11.6 Å². The molecule has 1 aromatic carbocycles. The first kappa shape index (κ1) is 20.2. The van der Waals surface area contributed by atoms with Gasteiger partial charge in [0.25, 0.3) is 12.3 Å². The normalized spacial score (nSPS) is 12.4. The van der Waals surface area contributed by atoms with Gasteiger partial charge in [0.05, 0.1) is 16.6 Å². The average Bonchev–Trinajstić information content (AvgIpc) is 2.65. The van der Waals surface area contributed by atoms with Crippen molar-refractivity contribution in [3.8, 4) is 0 Å². The summed E-state index contributed by atoms with van der Waals surface area (Å²) in [4.78, 5) is 21.9. The Balaban J connectivity index is 2.17. The first-order valence-electron chi connectivity index (χ1n) is 8.34. The molecule has 0 fully saturated rings. The fraction of sp³-hybridized carbons (Fsp3) is 0.389. The third-order valence-electron chi connectivity index (χ3n) is 4.10. The summed E-state index contributed by atoms with van der Waals surface area (Å²) < 4.78 is 25.3. The molecule has 0 radical (unpaired) electrons. The third kappa shape index (κ3) is 4.95. The molecule has 0 aliphatic carbocycles. The summed E-state index contributed by atoms with van der Waals surface area (Å²) in [5.41, 5.74) is 1.05. The summed E-state index contributed by atoms with van der Waals surface area (Å²) >= 11 is 6.05. The van der Waals surface area contributed by atoms with Crippen LogP contribution in [0, 0.1) is 0 Å². The van der Waals surface area contributed by atoms with E-state index in [0.29, 0.717) is 16.1 Å². The SMILES string of the molecule is CCN(CC)C(CNC(=O)c1ccccc1Cl)c1cnc(C(F)F)nc1. The van der Waals surface area contributed by atoms with E-state index in [2.05, 4.69) is 20.2 Å². The first-order valence-corrected chi connectivity index (χ1v) is 8.72. The zero-order valence-corrected chi connectivity index (χ0v) is 15.4. The Morgan fingerprint density at radius 3 is 2.35 bits per heavy atom. The number of likely N-dealkylation sites (N-methyl/N-ethyl adjacent to an activating group) is 1. The molecule has 5 nitrogen and oxygen atoms in total. The molecule has 140 valence electrons. The van der Waals surface area contributed by atoms with Crippen LogP contribution < -0.4 is 5.32 Å². The van der Waals surface area contributed by atoms with Crippen molar-refractivity contribution >= 4 is 17.5 Å². The van der Waals surface area contributed by atoms with Crippen LogP contribution in [0.25, 0.3) is 0 Å². The highest BCUT2D eigenvalue weighted by Gasteiger charge is 2.21. The minimum Gasteiger partial charge on any atom is -0.350 e. The first-order chi connectivity index (χ1) is 12.5. The largest absolute Gasteiger partial charge is 0.350 e. The van der Waals surface area contributed by atoms with Gasteiger partial charge in [-0.05, 0) is 25.2 Å². The number of nitrogens with zero attached hydrogens (tertiary/aromatic N) is 3. The fourth-order valence-corrected chi connectivity index (χ4v) is 2.91. The number of hydrogen-bond acceptors (Lipinski definition) is 4. The molecule has 1 heterocycles. The molecule has 0 bridgehead atoms. The maximum absolute atomic E-state index is 12.7. The second kappa shape index (κ2) is 9.54. The van der Waals surface area contributed by atoms with E-state index in [0.717, 1.165) is 13.1 Å². The van der Waals surface area contributed by atoms with Gasteiger partial charge in [-0.3, -0.25) is 9.69 Å². The highest BCUT2D eigenvalue weighted by atomic mass is 35.5. The number of halogens is 3. The highest BCUT2D eigenvalue weighted by molar-refractivity contribution is 6.33. The molecule has 0 saturated carbocycles. The van der Waals surface area contributed by atoms with Crippen LogP contribution in [0.2, 0.25) is 5.02 Å². The zero-order valence-electron chi connectivity index (χ0n) is 14.6. The molecule has 1 aromatic heterocycles. The molecule has 2 rings (SSSR count). The second-order valence-corrected chi connectivity index (χ2v) is 6.01. The van der Waals surface area contributed by atoms with Crippen LogP contribution in [0.5, 0.6) is 0 Å². The van der Waals surface area contributed by atoms with Crippen molar-refractivity contribution in [2.45, 2.75) is 26.3 Å². The van der Waals surface area contributed by atoms with E-state index < -0.39 is 12.2 Å². The fourth-order valence-electron chi connectivity index (χ4n) is 2.68. The molecule has 2 aromatic rings. The molecular formula is C18H21ClF2N4O. The minimum absolute atomic E-state index is 0.233. The summed E-state index contributed by atoms with van der Waals surface area (Å²) in [6.45, 7) is 5.70. The van der Waals surface area contributed by atoms with Crippen molar-refractivity contribution in [3.63, 3.8) is 0 Å². The van der Waals surface area contributed by atoms with Gasteiger partial charge in [-0.25, -0.2) is 18.7 Å². The lowest BCUT2D eigenvalue weighted by atomic mass is 10.1. The van der Waals surface area contributed by atoms with Crippen molar-refractivity contribution in [1.82, 2.24) is 20.2 Å². The standard InChI is InChI=1S/C18H21ClF2N4O/c1-3-25(4-2)15(12-9-22-17(16(20)21)23-10-12)11-24-18(26)13-7-5-6-8-14(13)19/h5-10,15-16H,3-4,11H2,1-2H3,(H,24,26). The lowest BCUT2D eigenvalue weighted by Crippen LogP contribution is -2.38. The van der Waals surface area contributed by atoms with Crippen LogP contribution in [0.3, 0.4) is 0 Å². The molecule has 0 aliphatic heterocycles. The predicted molar refractivity (Wildman–Crippen MR) is 96.4 cm³/mol. The van der Waals surface area contributed by atoms with Gasteiger partial charge in [0.15, 0.2) is 5.82 Å². The number of aromatic nitrogens is 2. The van der Waals surface area contributed by atoms with Gasteiger partial charge >= 0.3 is 0 Å². The third-order valence-corrected chi connectivity index (χ3v) is 4.43. The van der Waals surface area contributed by atoms with Gasteiger partial charge in [-0.2, -0.15) is 0 Å². The Labute approximate surface area is 156 Å². The Bertz CT molecular complexity index is 723. The molecule has 1 unspecified atom stereocenters. The van der Waals surface area contributed by atoms with Gasteiger partial charge in [-0.1, -0.05) is 37.6 Å². The number of alkyl halides is 2. The molecule has 1 N–H and O–H groups in total. The number of amides is 1. The van der Waals surface area contributed by atoms with E-state index in [9.17, 15) is 13.6 Å². The van der Waals surface area contributed by atoms with E-state index >= 15 is 0 Å². The van der Waals surface area contributed by atoms with E-state index in [-0.39, 0.29) is 18.5 Å². The van der Waals surface area contributed by atoms with Crippen LogP contribution in [0.15, 0.2) is 36.7 Å². The Morgan fingerprint density at radius 1 is 1.19 bits per heavy atom. The smallest absolute Gasteiger partial charge is 0.297 e. The molecular weight excluding hydrogens is 362 g/mol. The van der Waals surface area contributed by atoms with Crippen molar-refractivity contribution in [2.24, 2.45) is 0 Å². The number of rotatable bonds is 8. The lowest BCUT2D eigenvalue weighted by Gasteiger charge is -2.30. The molecule has 26 heavy (non-hydrogen) atoms. The number of carbonyl (C=O) groups excluding carboxylic acids is 1. The zero-order chi connectivity index (χ0) is 19.1. The van der Waals surface area contributed by atoms with E-state index in [1.807, 2.05) is 13.8 Å². The summed E-state index contributed by atoms with van der Waals surface area (Å²) in [6.07, 6.45) is 0.0639. The Hall–Kier alpha value is -2.12. The van der Waals surface area contributed by atoms with Gasteiger partial charge in [0, 0.05) is 24.5 Å². The monoisotopic (exact) mass is 382 g/mol. The Kier molecular flexibility index (Phi) is 7.41. The second-order valence-electron chi connectivity index (χ2n) is 5.60. The number of benzene rings is 1. The van der Waals surface area contributed by atoms with Crippen LogP contribution in [-0.4, -0.2) is 40.4 Å². The molecule has 8 heteroatoms. The number of hydrogen-bond donors (Lipinski definition) is 1. The minimum atomic E-state index is -2.71. The number of nitrogens with one attached hydrogen (secondary N) is 1. The van der Waals surface area contributed by atoms with Crippen molar-refractivity contribution in [1.29, 1.82) is 0 Å². The maximum atomic E-state index is 12.7. The van der Waals surface area contributed by atoms with Crippen LogP contribution in [0.4, 0.5) is 8.78 Å². The molecule has 0 aliphatic rings. The van der Waals surface area contributed by atoms with Crippen LogP contribution in [0.1, 0.15) is 48.1 Å². The van der Waals surface area contributed by atoms with Gasteiger partial charge in [0.2, 0.25) is 0 Å². The van der Waals surface area contributed by atoms with Gasteiger partial charge in [-0.15, -0.1) is 0 Å². The van der Waals surface area contributed by atoms with Crippen molar-refractivity contribution in [2.75, 3.05) is 19.6 Å². The summed E-state index contributed by atoms with van der Waals surface area (Å²) in [6, 6.07) is 6.54. The Morgan fingerprint density at radius 2 is 1.81 bits per heavy atom. The highest BCUT2D eigenvalue weighted by Crippen LogP contribution is 2.21. The topological polar surface area (TPSA) is 58.1 Å². The summed E-state index contributed by atoms with van der Waals surface area (Å²) in [5, 5.41) is 3.23. The summed E-state index contributed by atoms with van der Waals surface area (Å²) in [7, 11) is 0. The molecule has 1 atom stereocenters. The van der Waals surface area contributed by atoms with Crippen LogP contribution in [-0.2, 0) is 0 Å². The van der Waals surface area contributed by atoms with Gasteiger partial charge in [0.1, 0.15) is 0 Å². The number of carbonyl (C=O) groups is 1. The molecule has 0 saturated heterocycles. The van der Waals surface area contributed by atoms with Crippen molar-refractivity contribution in [3.05, 3.63) is 58.6 Å². The van der Waals surface area contributed by atoms with E-state index in [1.165, 1.54) is 12.4 Å². The van der Waals surface area contributed by atoms with E-state index in [4.69, 9.17) is 11.6 Å². The van der Waals surface area contributed by atoms with Crippen molar-refractivity contribution < 1.29 is 13.6 Å². The molecule has 0 spiro atoms. The quantitative estimate of drug-likeness (QED) is 0.752. The van der Waals surface area contributed by atoms with Gasteiger partial charge < -0.3 is 5.32 Å². The predicted octanol–water partition coefficient (Wildman–Crippen LogP) is 3.88.